The first-order valence-electron chi connectivity index (χ1n) is 7.77. The Morgan fingerprint density at radius 2 is 1.90 bits per heavy atom. The van der Waals surface area contributed by atoms with E-state index in [0.717, 1.165) is 37.3 Å². The van der Waals surface area contributed by atoms with Gasteiger partial charge in [-0.1, -0.05) is 26.8 Å². The lowest BCUT2D eigenvalue weighted by Gasteiger charge is -2.29. The van der Waals surface area contributed by atoms with Crippen LogP contribution in [0, 0.1) is 11.7 Å². The Kier molecular flexibility index (Phi) is 7.00. The molecule has 1 aromatic carbocycles. The number of halogens is 1. The molecule has 0 spiro atoms. The van der Waals surface area contributed by atoms with E-state index in [9.17, 15) is 4.39 Å². The van der Waals surface area contributed by atoms with E-state index in [1.165, 1.54) is 0 Å². The molecule has 0 fully saturated rings. The van der Waals surface area contributed by atoms with Crippen LogP contribution in [0.5, 0.6) is 0 Å². The number of hydrogen-bond donors (Lipinski definition) is 1. The van der Waals surface area contributed by atoms with Crippen LogP contribution in [-0.2, 0) is 0 Å². The van der Waals surface area contributed by atoms with Crippen molar-refractivity contribution in [2.75, 3.05) is 24.5 Å². The molecule has 0 aliphatic carbocycles. The van der Waals surface area contributed by atoms with Crippen molar-refractivity contribution in [2.45, 2.75) is 47.1 Å². The van der Waals surface area contributed by atoms with E-state index in [4.69, 9.17) is 0 Å². The lowest BCUT2D eigenvalue weighted by Crippen LogP contribution is -2.30. The predicted molar refractivity (Wildman–Crippen MR) is 85.8 cm³/mol. The van der Waals surface area contributed by atoms with Crippen molar-refractivity contribution in [2.24, 2.45) is 5.92 Å². The molecule has 3 heteroatoms. The van der Waals surface area contributed by atoms with Gasteiger partial charge in [0, 0.05) is 30.4 Å². The highest BCUT2D eigenvalue weighted by atomic mass is 19.1. The topological polar surface area (TPSA) is 15.3 Å². The third-order valence-electron chi connectivity index (χ3n) is 3.47. The Hall–Kier alpha value is -1.09. The SMILES string of the molecule is CCCNC(C)c1c(F)cccc1N(CC)CC(C)C. The summed E-state index contributed by atoms with van der Waals surface area (Å²) in [7, 11) is 0. The van der Waals surface area contributed by atoms with E-state index >= 15 is 0 Å². The summed E-state index contributed by atoms with van der Waals surface area (Å²) in [5, 5.41) is 3.40. The van der Waals surface area contributed by atoms with Gasteiger partial charge in [-0.05, 0) is 44.9 Å². The fourth-order valence-electron chi connectivity index (χ4n) is 2.53. The molecule has 0 saturated heterocycles. The first kappa shape index (κ1) is 17.0. The second-order valence-corrected chi connectivity index (χ2v) is 5.78. The molecule has 2 nitrogen and oxygen atoms in total. The first-order valence-corrected chi connectivity index (χ1v) is 7.77. The lowest BCUT2D eigenvalue weighted by molar-refractivity contribution is 0.523. The predicted octanol–water partition coefficient (Wildman–Crippen LogP) is 4.37. The Labute approximate surface area is 123 Å². The molecule has 114 valence electrons. The number of nitrogens with zero attached hydrogens (tertiary/aromatic N) is 1. The minimum Gasteiger partial charge on any atom is -0.371 e. The fourth-order valence-corrected chi connectivity index (χ4v) is 2.53. The summed E-state index contributed by atoms with van der Waals surface area (Å²) in [6.07, 6.45) is 1.05. The van der Waals surface area contributed by atoms with E-state index in [1.54, 1.807) is 6.07 Å². The van der Waals surface area contributed by atoms with Crippen molar-refractivity contribution >= 4 is 5.69 Å². The number of anilines is 1. The molecular formula is C17H29FN2. The molecule has 1 unspecified atom stereocenters. The van der Waals surface area contributed by atoms with Gasteiger partial charge in [0.25, 0.3) is 0 Å². The van der Waals surface area contributed by atoms with Crippen LogP contribution in [0.25, 0.3) is 0 Å². The maximum atomic E-state index is 14.3. The van der Waals surface area contributed by atoms with Crippen LogP contribution in [-0.4, -0.2) is 19.6 Å². The van der Waals surface area contributed by atoms with Gasteiger partial charge in [-0.3, -0.25) is 0 Å². The van der Waals surface area contributed by atoms with Crippen LogP contribution in [0.1, 0.15) is 52.6 Å². The molecule has 1 rings (SSSR count). The summed E-state index contributed by atoms with van der Waals surface area (Å²) in [5.74, 6) is 0.450. The largest absolute Gasteiger partial charge is 0.371 e. The van der Waals surface area contributed by atoms with Gasteiger partial charge < -0.3 is 10.2 Å². The van der Waals surface area contributed by atoms with Crippen LogP contribution < -0.4 is 10.2 Å². The average molecular weight is 280 g/mol. The summed E-state index contributed by atoms with van der Waals surface area (Å²) in [6, 6.07) is 5.44. The molecule has 0 aliphatic rings. The zero-order valence-corrected chi connectivity index (χ0v) is 13.5. The normalized spacial score (nSPS) is 12.8. The zero-order valence-electron chi connectivity index (χ0n) is 13.5. The maximum Gasteiger partial charge on any atom is 0.130 e. The highest BCUT2D eigenvalue weighted by molar-refractivity contribution is 5.55. The van der Waals surface area contributed by atoms with Gasteiger partial charge in [0.2, 0.25) is 0 Å². The van der Waals surface area contributed by atoms with E-state index in [0.29, 0.717) is 5.92 Å². The summed E-state index contributed by atoms with van der Waals surface area (Å²) < 4.78 is 14.3. The zero-order chi connectivity index (χ0) is 15.1. The van der Waals surface area contributed by atoms with E-state index < -0.39 is 0 Å². The molecule has 20 heavy (non-hydrogen) atoms. The molecule has 0 aromatic heterocycles. The number of benzene rings is 1. The third-order valence-corrected chi connectivity index (χ3v) is 3.47. The van der Waals surface area contributed by atoms with Gasteiger partial charge in [-0.2, -0.15) is 0 Å². The number of hydrogen-bond acceptors (Lipinski definition) is 2. The average Bonchev–Trinajstić information content (AvgIpc) is 2.41. The van der Waals surface area contributed by atoms with Gasteiger partial charge >= 0.3 is 0 Å². The van der Waals surface area contributed by atoms with Crippen LogP contribution in [0.4, 0.5) is 10.1 Å². The van der Waals surface area contributed by atoms with Crippen LogP contribution in [0.3, 0.4) is 0 Å². The fraction of sp³-hybridized carbons (Fsp3) is 0.647. The molecule has 0 saturated carbocycles. The van der Waals surface area contributed by atoms with Gasteiger partial charge in [0.1, 0.15) is 5.82 Å². The summed E-state index contributed by atoms with van der Waals surface area (Å²) in [6.45, 7) is 13.4. The van der Waals surface area contributed by atoms with Crippen molar-refractivity contribution in [3.63, 3.8) is 0 Å². The minimum absolute atomic E-state index is 0.0346. The van der Waals surface area contributed by atoms with Gasteiger partial charge in [0.15, 0.2) is 0 Å². The van der Waals surface area contributed by atoms with E-state index in [-0.39, 0.29) is 11.9 Å². The molecule has 0 amide bonds. The minimum atomic E-state index is -0.110. The van der Waals surface area contributed by atoms with Crippen LogP contribution in [0.15, 0.2) is 18.2 Å². The molecule has 0 heterocycles. The standard InChI is InChI=1S/C17H29FN2/c1-6-11-19-14(5)17-15(18)9-8-10-16(17)20(7-2)12-13(3)4/h8-10,13-14,19H,6-7,11-12H2,1-5H3. The van der Waals surface area contributed by atoms with Crippen molar-refractivity contribution < 1.29 is 4.39 Å². The molecule has 0 aliphatic heterocycles. The molecular weight excluding hydrogens is 251 g/mol. The molecule has 1 atom stereocenters. The van der Waals surface area contributed by atoms with Crippen molar-refractivity contribution in [3.8, 4) is 0 Å². The third kappa shape index (κ3) is 4.48. The molecule has 1 N–H and O–H groups in total. The lowest BCUT2D eigenvalue weighted by atomic mass is 10.0. The van der Waals surface area contributed by atoms with Crippen LogP contribution >= 0.6 is 0 Å². The molecule has 1 aromatic rings. The van der Waals surface area contributed by atoms with Crippen LogP contribution in [0.2, 0.25) is 0 Å². The van der Waals surface area contributed by atoms with Gasteiger partial charge in [-0.15, -0.1) is 0 Å². The second kappa shape index (κ2) is 8.25. The molecule has 0 radical (unpaired) electrons. The van der Waals surface area contributed by atoms with Crippen molar-refractivity contribution in [1.82, 2.24) is 5.32 Å². The first-order chi connectivity index (χ1) is 9.51. The molecule has 0 bridgehead atoms. The summed E-state index contributed by atoms with van der Waals surface area (Å²) >= 11 is 0. The van der Waals surface area contributed by atoms with Crippen molar-refractivity contribution in [3.05, 3.63) is 29.6 Å². The second-order valence-electron chi connectivity index (χ2n) is 5.78. The Morgan fingerprint density at radius 1 is 1.20 bits per heavy atom. The Balaban J connectivity index is 3.08. The summed E-state index contributed by atoms with van der Waals surface area (Å²) in [4.78, 5) is 2.27. The van der Waals surface area contributed by atoms with E-state index in [1.807, 2.05) is 19.1 Å². The Morgan fingerprint density at radius 3 is 2.45 bits per heavy atom. The summed E-state index contributed by atoms with van der Waals surface area (Å²) in [5.41, 5.74) is 1.82. The van der Waals surface area contributed by atoms with E-state index in [2.05, 4.69) is 37.9 Å². The van der Waals surface area contributed by atoms with Gasteiger partial charge in [0.05, 0.1) is 0 Å². The van der Waals surface area contributed by atoms with Gasteiger partial charge in [-0.25, -0.2) is 4.39 Å². The Bertz CT molecular complexity index is 404. The monoisotopic (exact) mass is 280 g/mol. The number of nitrogens with one attached hydrogen (secondary N) is 1. The van der Waals surface area contributed by atoms with Crippen molar-refractivity contribution in [1.29, 1.82) is 0 Å². The maximum absolute atomic E-state index is 14.3. The quantitative estimate of drug-likeness (QED) is 0.760. The smallest absolute Gasteiger partial charge is 0.130 e. The highest BCUT2D eigenvalue weighted by Gasteiger charge is 2.19. The highest BCUT2D eigenvalue weighted by Crippen LogP contribution is 2.29. The number of rotatable bonds is 8.